The van der Waals surface area contributed by atoms with E-state index in [1.807, 2.05) is 0 Å². The minimum Gasteiger partial charge on any atom is -0.453 e. The van der Waals surface area contributed by atoms with Crippen molar-refractivity contribution in [3.8, 4) is 5.69 Å². The van der Waals surface area contributed by atoms with Gasteiger partial charge < -0.3 is 25.2 Å². The standard InChI is InChI=1S/C25H25ClFN5O5S/c1-30(25(36)37-2)19-14-31(13-15(19)12-28-23(34)20-8-9-21(26)38-20)24(35)29-18-7-6-16(11-17(18)27)32-10-4-3-5-22(32)33/h3-11,15,19H,12-14H2,1-2H3,(H,28,34)(H,29,35). The summed E-state index contributed by atoms with van der Waals surface area (Å²) in [6.07, 6.45) is 0.931. The number of benzene rings is 1. The van der Waals surface area contributed by atoms with Gasteiger partial charge in [-0.2, -0.15) is 0 Å². The summed E-state index contributed by atoms with van der Waals surface area (Å²) in [5, 5.41) is 5.38. The van der Waals surface area contributed by atoms with Gasteiger partial charge >= 0.3 is 12.1 Å². The van der Waals surface area contributed by atoms with Crippen LogP contribution in [0.15, 0.2) is 59.5 Å². The number of halogens is 2. The van der Waals surface area contributed by atoms with E-state index in [4.69, 9.17) is 16.3 Å². The average molecular weight is 562 g/mol. The smallest absolute Gasteiger partial charge is 0.409 e. The van der Waals surface area contributed by atoms with E-state index in [2.05, 4.69) is 10.6 Å². The Morgan fingerprint density at radius 3 is 2.63 bits per heavy atom. The van der Waals surface area contributed by atoms with Crippen molar-refractivity contribution in [3.05, 3.63) is 80.1 Å². The summed E-state index contributed by atoms with van der Waals surface area (Å²) in [5.74, 6) is -1.35. The van der Waals surface area contributed by atoms with Crippen molar-refractivity contribution >= 4 is 46.7 Å². The number of ether oxygens (including phenoxy) is 1. The van der Waals surface area contributed by atoms with Crippen LogP contribution in [-0.2, 0) is 4.74 Å². The molecular weight excluding hydrogens is 537 g/mol. The van der Waals surface area contributed by atoms with Gasteiger partial charge in [-0.15, -0.1) is 11.3 Å². The minimum atomic E-state index is -0.715. The third kappa shape index (κ3) is 5.97. The number of nitrogens with one attached hydrogen (secondary N) is 2. The highest BCUT2D eigenvalue weighted by Crippen LogP contribution is 2.25. The van der Waals surface area contributed by atoms with Gasteiger partial charge in [-0.3, -0.25) is 14.2 Å². The molecule has 2 N–H and O–H groups in total. The number of carbonyl (C=O) groups excluding carboxylic acids is 3. The fourth-order valence-corrected chi connectivity index (χ4v) is 5.24. The van der Waals surface area contributed by atoms with Gasteiger partial charge in [0.05, 0.1) is 33.7 Å². The lowest BCUT2D eigenvalue weighted by Gasteiger charge is -2.27. The Morgan fingerprint density at radius 2 is 1.97 bits per heavy atom. The number of urea groups is 1. The Labute approximate surface area is 226 Å². The molecule has 1 aliphatic rings. The second-order valence-corrected chi connectivity index (χ2v) is 10.3. The van der Waals surface area contributed by atoms with Crippen molar-refractivity contribution in [2.45, 2.75) is 6.04 Å². The molecule has 1 saturated heterocycles. The monoisotopic (exact) mass is 561 g/mol. The lowest BCUT2D eigenvalue weighted by Crippen LogP contribution is -2.45. The molecular formula is C25H25ClFN5O5S. The lowest BCUT2D eigenvalue weighted by atomic mass is 10.0. The molecule has 2 atom stereocenters. The van der Waals surface area contributed by atoms with Crippen LogP contribution in [0.25, 0.3) is 5.69 Å². The number of amides is 4. The molecule has 0 aliphatic carbocycles. The zero-order valence-electron chi connectivity index (χ0n) is 20.5. The summed E-state index contributed by atoms with van der Waals surface area (Å²) in [6.45, 7) is 0.517. The summed E-state index contributed by atoms with van der Waals surface area (Å²) >= 11 is 7.06. The summed E-state index contributed by atoms with van der Waals surface area (Å²) in [5.41, 5.74) is -0.0661. The van der Waals surface area contributed by atoms with Gasteiger partial charge in [-0.25, -0.2) is 14.0 Å². The average Bonchev–Trinajstić information content (AvgIpc) is 3.54. The van der Waals surface area contributed by atoms with E-state index in [0.717, 1.165) is 17.4 Å². The summed E-state index contributed by atoms with van der Waals surface area (Å²) in [4.78, 5) is 53.0. The number of carbonyl (C=O) groups is 3. The number of likely N-dealkylation sites (N-methyl/N-ethyl adjacent to an activating group) is 1. The van der Waals surface area contributed by atoms with E-state index >= 15 is 0 Å². The van der Waals surface area contributed by atoms with Gasteiger partial charge in [0, 0.05) is 50.9 Å². The maximum Gasteiger partial charge on any atom is 0.409 e. The molecule has 2 unspecified atom stereocenters. The van der Waals surface area contributed by atoms with E-state index in [-0.39, 0.29) is 42.7 Å². The molecule has 1 aliphatic heterocycles. The van der Waals surface area contributed by atoms with E-state index in [1.54, 1.807) is 31.3 Å². The maximum atomic E-state index is 14.8. The zero-order chi connectivity index (χ0) is 27.4. The van der Waals surface area contributed by atoms with Crippen molar-refractivity contribution in [2.75, 3.05) is 39.1 Å². The van der Waals surface area contributed by atoms with Crippen molar-refractivity contribution < 1.29 is 23.5 Å². The van der Waals surface area contributed by atoms with Crippen LogP contribution in [-0.4, -0.2) is 72.2 Å². The Morgan fingerprint density at radius 1 is 1.18 bits per heavy atom. The number of nitrogens with zero attached hydrogens (tertiary/aromatic N) is 3. The van der Waals surface area contributed by atoms with Crippen LogP contribution >= 0.6 is 22.9 Å². The van der Waals surface area contributed by atoms with Gasteiger partial charge in [-0.05, 0) is 30.3 Å². The Hall–Kier alpha value is -3.90. The fourth-order valence-electron chi connectivity index (χ4n) is 4.28. The first-order chi connectivity index (χ1) is 18.2. The molecule has 1 aromatic carbocycles. The highest BCUT2D eigenvalue weighted by molar-refractivity contribution is 7.18. The molecule has 200 valence electrons. The predicted octanol–water partition coefficient (Wildman–Crippen LogP) is 3.65. The van der Waals surface area contributed by atoms with Gasteiger partial charge in [0.15, 0.2) is 0 Å². The molecule has 2 aromatic heterocycles. The quantitative estimate of drug-likeness (QED) is 0.477. The number of hydrogen-bond donors (Lipinski definition) is 2. The largest absolute Gasteiger partial charge is 0.453 e. The predicted molar refractivity (Wildman–Crippen MR) is 142 cm³/mol. The third-order valence-electron chi connectivity index (χ3n) is 6.27. The number of rotatable bonds is 6. The molecule has 0 radical (unpaired) electrons. The molecule has 1 fully saturated rings. The minimum absolute atomic E-state index is 0.0630. The zero-order valence-corrected chi connectivity index (χ0v) is 22.1. The second-order valence-electron chi connectivity index (χ2n) is 8.63. The number of likely N-dealkylation sites (tertiary alicyclic amines) is 1. The highest BCUT2D eigenvalue weighted by atomic mass is 35.5. The van der Waals surface area contributed by atoms with Crippen LogP contribution in [0.1, 0.15) is 9.67 Å². The first-order valence-corrected chi connectivity index (χ1v) is 12.7. The summed E-state index contributed by atoms with van der Waals surface area (Å²) < 4.78 is 21.4. The number of anilines is 1. The topological polar surface area (TPSA) is 113 Å². The van der Waals surface area contributed by atoms with E-state index in [9.17, 15) is 23.6 Å². The van der Waals surface area contributed by atoms with Crippen molar-refractivity contribution in [1.82, 2.24) is 19.7 Å². The van der Waals surface area contributed by atoms with Crippen LogP contribution in [0.4, 0.5) is 19.7 Å². The molecule has 4 rings (SSSR count). The fraction of sp³-hybridized carbons (Fsp3) is 0.280. The molecule has 0 bridgehead atoms. The number of methoxy groups -OCH3 is 1. The summed E-state index contributed by atoms with van der Waals surface area (Å²) in [6, 6.07) is 10.9. The van der Waals surface area contributed by atoms with Crippen molar-refractivity contribution in [2.24, 2.45) is 5.92 Å². The van der Waals surface area contributed by atoms with Crippen LogP contribution in [0.5, 0.6) is 0 Å². The first kappa shape index (κ1) is 27.1. The van der Waals surface area contributed by atoms with Crippen LogP contribution in [0, 0.1) is 11.7 Å². The van der Waals surface area contributed by atoms with Crippen molar-refractivity contribution in [1.29, 1.82) is 0 Å². The van der Waals surface area contributed by atoms with Gasteiger partial charge in [0.1, 0.15) is 5.82 Å². The molecule has 10 nitrogen and oxygen atoms in total. The number of hydrogen-bond acceptors (Lipinski definition) is 6. The van der Waals surface area contributed by atoms with Crippen LogP contribution in [0.2, 0.25) is 4.34 Å². The molecule has 4 amide bonds. The summed E-state index contributed by atoms with van der Waals surface area (Å²) in [7, 11) is 2.81. The Kier molecular flexibility index (Phi) is 8.32. The van der Waals surface area contributed by atoms with Gasteiger partial charge in [0.2, 0.25) is 0 Å². The molecule has 38 heavy (non-hydrogen) atoms. The molecule has 13 heteroatoms. The second kappa shape index (κ2) is 11.7. The molecule has 0 spiro atoms. The van der Waals surface area contributed by atoms with Crippen molar-refractivity contribution in [3.63, 3.8) is 0 Å². The van der Waals surface area contributed by atoms with E-state index < -0.39 is 24.0 Å². The third-order valence-corrected chi connectivity index (χ3v) is 7.50. The van der Waals surface area contributed by atoms with E-state index in [1.165, 1.54) is 45.9 Å². The SMILES string of the molecule is COC(=O)N(C)C1CN(C(=O)Nc2ccc(-n3ccccc3=O)cc2F)CC1CNC(=O)c1ccc(Cl)s1. The maximum absolute atomic E-state index is 14.8. The number of pyridine rings is 1. The molecule has 0 saturated carbocycles. The number of aromatic nitrogens is 1. The lowest BCUT2D eigenvalue weighted by molar-refractivity contribution is 0.0936. The van der Waals surface area contributed by atoms with Gasteiger partial charge in [0.25, 0.3) is 11.5 Å². The Bertz CT molecular complexity index is 1410. The van der Waals surface area contributed by atoms with Gasteiger partial charge in [-0.1, -0.05) is 17.7 Å². The molecule has 3 aromatic rings. The van der Waals surface area contributed by atoms with Crippen LogP contribution < -0.4 is 16.2 Å². The first-order valence-electron chi connectivity index (χ1n) is 11.6. The van der Waals surface area contributed by atoms with Crippen LogP contribution in [0.3, 0.4) is 0 Å². The Balaban J connectivity index is 1.46. The normalized spacial score (nSPS) is 16.7. The number of thiophene rings is 1. The highest BCUT2D eigenvalue weighted by Gasteiger charge is 2.40. The molecule has 3 heterocycles. The van der Waals surface area contributed by atoms with E-state index in [0.29, 0.717) is 14.9 Å².